The second kappa shape index (κ2) is 6.74. The fraction of sp³-hybridized carbons (Fsp3) is 0.235. The number of aromatic carboxylic acids is 1. The largest absolute Gasteiger partial charge is 0.478 e. The molecule has 0 aliphatic heterocycles. The van der Waals surface area contributed by atoms with E-state index in [9.17, 15) is 4.79 Å². The van der Waals surface area contributed by atoms with E-state index in [1.807, 2.05) is 44.3 Å². The van der Waals surface area contributed by atoms with Crippen LogP contribution in [0.1, 0.15) is 27.0 Å². The number of carboxylic acid groups (broad SMARTS) is 1. The van der Waals surface area contributed by atoms with Crippen molar-refractivity contribution >= 4 is 17.6 Å². The molecule has 4 heteroatoms. The first-order valence-corrected chi connectivity index (χ1v) is 7.09. The van der Waals surface area contributed by atoms with Crippen LogP contribution >= 0.6 is 11.6 Å². The van der Waals surface area contributed by atoms with E-state index in [4.69, 9.17) is 16.7 Å². The molecule has 2 aromatic rings. The van der Waals surface area contributed by atoms with Gasteiger partial charge >= 0.3 is 5.97 Å². The van der Waals surface area contributed by atoms with E-state index in [0.29, 0.717) is 5.56 Å². The fourth-order valence-corrected chi connectivity index (χ4v) is 2.38. The molecule has 0 aromatic heterocycles. The van der Waals surface area contributed by atoms with Crippen molar-refractivity contribution in [1.82, 2.24) is 4.90 Å². The lowest BCUT2D eigenvalue weighted by atomic mass is 10.0. The summed E-state index contributed by atoms with van der Waals surface area (Å²) in [5.41, 5.74) is 3.66. The lowest BCUT2D eigenvalue weighted by molar-refractivity contribution is 0.0696. The zero-order valence-corrected chi connectivity index (χ0v) is 12.9. The molecule has 1 N–H and O–H groups in total. The van der Waals surface area contributed by atoms with Crippen LogP contribution in [0.5, 0.6) is 0 Å². The molecule has 0 unspecified atom stereocenters. The van der Waals surface area contributed by atoms with Crippen LogP contribution in [-0.4, -0.2) is 23.0 Å². The van der Waals surface area contributed by atoms with Crippen LogP contribution in [0.2, 0.25) is 5.02 Å². The Kier molecular flexibility index (Phi) is 4.99. The molecule has 2 aromatic carbocycles. The highest BCUT2D eigenvalue weighted by Crippen LogP contribution is 2.16. The van der Waals surface area contributed by atoms with Crippen LogP contribution in [0.4, 0.5) is 0 Å². The second-order valence-corrected chi connectivity index (χ2v) is 5.68. The summed E-state index contributed by atoms with van der Waals surface area (Å²) in [7, 11) is 2.04. The number of benzene rings is 2. The maximum Gasteiger partial charge on any atom is 0.335 e. The van der Waals surface area contributed by atoms with Gasteiger partial charge in [0.2, 0.25) is 0 Å². The first kappa shape index (κ1) is 15.5. The number of carboxylic acids is 1. The molecule has 0 aliphatic rings. The molecule has 0 amide bonds. The minimum Gasteiger partial charge on any atom is -0.478 e. The van der Waals surface area contributed by atoms with Crippen molar-refractivity contribution in [1.29, 1.82) is 0 Å². The van der Waals surface area contributed by atoms with Gasteiger partial charge in [-0.1, -0.05) is 29.8 Å². The molecular weight excluding hydrogens is 286 g/mol. The molecule has 2 rings (SSSR count). The van der Waals surface area contributed by atoms with Crippen molar-refractivity contribution in [2.45, 2.75) is 20.0 Å². The van der Waals surface area contributed by atoms with Crippen molar-refractivity contribution in [3.63, 3.8) is 0 Å². The summed E-state index contributed by atoms with van der Waals surface area (Å²) in [6.45, 7) is 3.53. The molecule has 0 atom stereocenters. The first-order chi connectivity index (χ1) is 9.95. The lowest BCUT2D eigenvalue weighted by Gasteiger charge is -2.18. The van der Waals surface area contributed by atoms with Crippen molar-refractivity contribution in [2.24, 2.45) is 0 Å². The summed E-state index contributed by atoms with van der Waals surface area (Å²) >= 11 is 5.88. The fourth-order valence-electron chi connectivity index (χ4n) is 2.25. The van der Waals surface area contributed by atoms with E-state index in [2.05, 4.69) is 4.90 Å². The Morgan fingerprint density at radius 2 is 1.81 bits per heavy atom. The Bertz CT molecular complexity index is 638. The third-order valence-corrected chi connectivity index (χ3v) is 3.65. The Hall–Kier alpha value is -1.84. The number of rotatable bonds is 5. The van der Waals surface area contributed by atoms with Gasteiger partial charge in [-0.25, -0.2) is 4.79 Å². The maximum absolute atomic E-state index is 10.9. The normalized spacial score (nSPS) is 10.9. The molecule has 0 fully saturated rings. The number of carbonyl (C=O) groups is 1. The van der Waals surface area contributed by atoms with Gasteiger partial charge in [0.05, 0.1) is 5.56 Å². The minimum absolute atomic E-state index is 0.330. The summed E-state index contributed by atoms with van der Waals surface area (Å²) in [6.07, 6.45) is 0. The number of nitrogens with zero attached hydrogens (tertiary/aromatic N) is 1. The third kappa shape index (κ3) is 4.31. The molecule has 0 bridgehead atoms. The van der Waals surface area contributed by atoms with Gasteiger partial charge in [0, 0.05) is 18.1 Å². The maximum atomic E-state index is 10.9. The molecule has 0 heterocycles. The van der Waals surface area contributed by atoms with Gasteiger partial charge in [0.1, 0.15) is 0 Å². The van der Waals surface area contributed by atoms with Crippen molar-refractivity contribution in [3.8, 4) is 0 Å². The highest BCUT2D eigenvalue weighted by atomic mass is 35.5. The van der Waals surface area contributed by atoms with Crippen LogP contribution < -0.4 is 0 Å². The molecular formula is C17H18ClNO2. The highest BCUT2D eigenvalue weighted by molar-refractivity contribution is 6.30. The molecule has 0 radical (unpaired) electrons. The first-order valence-electron chi connectivity index (χ1n) is 6.71. The summed E-state index contributed by atoms with van der Waals surface area (Å²) in [6, 6.07) is 13.1. The Labute approximate surface area is 129 Å². The SMILES string of the molecule is Cc1cc(C(=O)O)ccc1CN(C)Cc1ccc(Cl)cc1. The molecule has 0 saturated carbocycles. The minimum atomic E-state index is -0.890. The Morgan fingerprint density at radius 3 is 2.38 bits per heavy atom. The van der Waals surface area contributed by atoms with Crippen LogP contribution in [0.25, 0.3) is 0 Å². The van der Waals surface area contributed by atoms with Crippen LogP contribution in [0.15, 0.2) is 42.5 Å². The lowest BCUT2D eigenvalue weighted by Crippen LogP contribution is -2.18. The number of hydrogen-bond acceptors (Lipinski definition) is 2. The standard InChI is InChI=1S/C17H18ClNO2/c1-12-9-14(17(20)21)5-6-15(12)11-19(2)10-13-3-7-16(18)8-4-13/h3-9H,10-11H2,1-2H3,(H,20,21). The van der Waals surface area contributed by atoms with E-state index in [-0.39, 0.29) is 0 Å². The summed E-state index contributed by atoms with van der Waals surface area (Å²) in [4.78, 5) is 13.1. The number of hydrogen-bond donors (Lipinski definition) is 1. The van der Waals surface area contributed by atoms with Gasteiger partial charge < -0.3 is 5.11 Å². The van der Waals surface area contributed by atoms with Gasteiger partial charge in [-0.05, 0) is 54.9 Å². The zero-order chi connectivity index (χ0) is 15.4. The monoisotopic (exact) mass is 303 g/mol. The number of aryl methyl sites for hydroxylation is 1. The van der Waals surface area contributed by atoms with E-state index < -0.39 is 5.97 Å². The van der Waals surface area contributed by atoms with Gasteiger partial charge in [-0.2, -0.15) is 0 Å². The number of halogens is 1. The van der Waals surface area contributed by atoms with Gasteiger partial charge in [0.25, 0.3) is 0 Å². The summed E-state index contributed by atoms with van der Waals surface area (Å²) in [5.74, 6) is -0.890. The van der Waals surface area contributed by atoms with Crippen molar-refractivity contribution in [3.05, 3.63) is 69.7 Å². The van der Waals surface area contributed by atoms with E-state index >= 15 is 0 Å². The topological polar surface area (TPSA) is 40.5 Å². The van der Waals surface area contributed by atoms with E-state index in [1.165, 1.54) is 5.56 Å². The zero-order valence-electron chi connectivity index (χ0n) is 12.1. The average Bonchev–Trinajstić information content (AvgIpc) is 2.43. The van der Waals surface area contributed by atoms with Crippen LogP contribution in [-0.2, 0) is 13.1 Å². The predicted octanol–water partition coefficient (Wildman–Crippen LogP) is 3.98. The Balaban J connectivity index is 2.04. The molecule has 0 spiro atoms. The van der Waals surface area contributed by atoms with Gasteiger partial charge in [-0.3, -0.25) is 4.90 Å². The second-order valence-electron chi connectivity index (χ2n) is 5.25. The van der Waals surface area contributed by atoms with Crippen LogP contribution in [0, 0.1) is 6.92 Å². The molecule has 21 heavy (non-hydrogen) atoms. The summed E-state index contributed by atoms with van der Waals surface area (Å²) < 4.78 is 0. The Morgan fingerprint density at radius 1 is 1.14 bits per heavy atom. The van der Waals surface area contributed by atoms with Crippen molar-refractivity contribution in [2.75, 3.05) is 7.05 Å². The molecule has 0 aliphatic carbocycles. The quantitative estimate of drug-likeness (QED) is 0.908. The predicted molar refractivity (Wildman–Crippen MR) is 84.8 cm³/mol. The molecule has 3 nitrogen and oxygen atoms in total. The molecule has 110 valence electrons. The van der Waals surface area contributed by atoms with Crippen molar-refractivity contribution < 1.29 is 9.90 Å². The highest BCUT2D eigenvalue weighted by Gasteiger charge is 2.08. The summed E-state index contributed by atoms with van der Waals surface area (Å²) in [5, 5.41) is 9.72. The average molecular weight is 304 g/mol. The third-order valence-electron chi connectivity index (χ3n) is 3.40. The van der Waals surface area contributed by atoms with E-state index in [1.54, 1.807) is 12.1 Å². The molecule has 0 saturated heterocycles. The van der Waals surface area contributed by atoms with Crippen LogP contribution in [0.3, 0.4) is 0 Å². The van der Waals surface area contributed by atoms with E-state index in [0.717, 1.165) is 29.2 Å². The van der Waals surface area contributed by atoms with Gasteiger partial charge in [-0.15, -0.1) is 0 Å². The van der Waals surface area contributed by atoms with Gasteiger partial charge in [0.15, 0.2) is 0 Å². The smallest absolute Gasteiger partial charge is 0.335 e.